The lowest BCUT2D eigenvalue weighted by Crippen LogP contribution is -2.03. The van der Waals surface area contributed by atoms with Crippen molar-refractivity contribution in [2.24, 2.45) is 0 Å². The highest BCUT2D eigenvalue weighted by Crippen LogP contribution is 2.29. The van der Waals surface area contributed by atoms with Gasteiger partial charge in [0, 0.05) is 10.8 Å². The Labute approximate surface area is 146 Å². The van der Waals surface area contributed by atoms with E-state index in [0.29, 0.717) is 24.2 Å². The molecule has 0 saturated carbocycles. The summed E-state index contributed by atoms with van der Waals surface area (Å²) < 4.78 is 11.0. The van der Waals surface area contributed by atoms with Gasteiger partial charge in [0.15, 0.2) is 0 Å². The van der Waals surface area contributed by atoms with Gasteiger partial charge in [-0.1, -0.05) is 55.3 Å². The van der Waals surface area contributed by atoms with Crippen molar-refractivity contribution >= 4 is 27.8 Å². The SMILES string of the molecule is C=Cc1c(COCC#CC(=C)C)ccc2c(=O)oc3ccccc3c12. The molecule has 0 radical (unpaired) electrons. The van der Waals surface area contributed by atoms with Gasteiger partial charge in [-0.05, 0) is 35.8 Å². The summed E-state index contributed by atoms with van der Waals surface area (Å²) in [6, 6.07) is 11.1. The summed E-state index contributed by atoms with van der Waals surface area (Å²) in [6.45, 7) is 10.2. The molecule has 25 heavy (non-hydrogen) atoms. The summed E-state index contributed by atoms with van der Waals surface area (Å²) in [7, 11) is 0. The molecular weight excluding hydrogens is 312 g/mol. The number of allylic oxidation sites excluding steroid dienone is 1. The first-order valence-electron chi connectivity index (χ1n) is 7.94. The van der Waals surface area contributed by atoms with Crippen LogP contribution in [0.2, 0.25) is 0 Å². The van der Waals surface area contributed by atoms with E-state index in [1.165, 1.54) is 0 Å². The fraction of sp³-hybridized carbons (Fsp3) is 0.136. The lowest BCUT2D eigenvalue weighted by molar-refractivity contribution is 0.153. The number of hydrogen-bond donors (Lipinski definition) is 0. The molecule has 3 nitrogen and oxygen atoms in total. The Balaban J connectivity index is 2.08. The molecule has 124 valence electrons. The van der Waals surface area contributed by atoms with Crippen LogP contribution in [-0.4, -0.2) is 6.61 Å². The van der Waals surface area contributed by atoms with Crippen molar-refractivity contribution in [2.45, 2.75) is 13.5 Å². The molecule has 0 atom stereocenters. The van der Waals surface area contributed by atoms with E-state index < -0.39 is 0 Å². The van der Waals surface area contributed by atoms with E-state index in [9.17, 15) is 4.79 Å². The van der Waals surface area contributed by atoms with E-state index >= 15 is 0 Å². The van der Waals surface area contributed by atoms with Gasteiger partial charge in [0.25, 0.3) is 0 Å². The second-order valence-corrected chi connectivity index (χ2v) is 5.73. The molecule has 1 heterocycles. The third-order valence-electron chi connectivity index (χ3n) is 3.85. The van der Waals surface area contributed by atoms with Crippen LogP contribution in [0.3, 0.4) is 0 Å². The Kier molecular flexibility index (Phi) is 4.83. The quantitative estimate of drug-likeness (QED) is 0.302. The summed E-state index contributed by atoms with van der Waals surface area (Å²) >= 11 is 0. The lowest BCUT2D eigenvalue weighted by atomic mass is 9.97. The molecule has 1 aromatic heterocycles. The molecule has 0 aliphatic heterocycles. The first kappa shape index (κ1) is 16.8. The molecule has 0 aliphatic rings. The van der Waals surface area contributed by atoms with Gasteiger partial charge in [-0.3, -0.25) is 0 Å². The fourth-order valence-electron chi connectivity index (χ4n) is 2.80. The second-order valence-electron chi connectivity index (χ2n) is 5.73. The summed E-state index contributed by atoms with van der Waals surface area (Å²) in [5.41, 5.74) is 2.86. The zero-order valence-electron chi connectivity index (χ0n) is 14.1. The van der Waals surface area contributed by atoms with E-state index in [1.807, 2.05) is 31.2 Å². The van der Waals surface area contributed by atoms with Crippen LogP contribution in [-0.2, 0) is 11.3 Å². The number of ether oxygens (including phenoxy) is 1. The average molecular weight is 330 g/mol. The number of benzene rings is 2. The molecule has 0 aliphatic carbocycles. The topological polar surface area (TPSA) is 39.4 Å². The molecule has 0 saturated heterocycles. The third kappa shape index (κ3) is 3.40. The minimum atomic E-state index is -0.350. The Morgan fingerprint density at radius 1 is 1.24 bits per heavy atom. The molecule has 3 rings (SSSR count). The van der Waals surface area contributed by atoms with Crippen LogP contribution in [0.15, 0.2) is 64.3 Å². The summed E-state index contributed by atoms with van der Waals surface area (Å²) in [4.78, 5) is 12.3. The number of hydrogen-bond acceptors (Lipinski definition) is 3. The van der Waals surface area contributed by atoms with E-state index in [0.717, 1.165) is 27.5 Å². The van der Waals surface area contributed by atoms with Crippen LogP contribution in [0.25, 0.3) is 27.8 Å². The highest BCUT2D eigenvalue weighted by Gasteiger charge is 2.12. The molecule has 3 heteroatoms. The maximum atomic E-state index is 12.3. The van der Waals surface area contributed by atoms with Crippen molar-refractivity contribution in [1.29, 1.82) is 0 Å². The third-order valence-corrected chi connectivity index (χ3v) is 3.85. The number of fused-ring (bicyclic) bond motifs is 3. The van der Waals surface area contributed by atoms with Crippen molar-refractivity contribution < 1.29 is 9.15 Å². The molecule has 0 fully saturated rings. The maximum Gasteiger partial charge on any atom is 0.344 e. The van der Waals surface area contributed by atoms with Crippen LogP contribution < -0.4 is 5.63 Å². The molecule has 0 amide bonds. The first-order chi connectivity index (χ1) is 12.1. The highest BCUT2D eigenvalue weighted by molar-refractivity contribution is 6.08. The van der Waals surface area contributed by atoms with E-state index in [-0.39, 0.29) is 5.63 Å². The molecule has 0 unspecified atom stereocenters. The van der Waals surface area contributed by atoms with Crippen molar-refractivity contribution in [3.05, 3.63) is 76.7 Å². The summed E-state index contributed by atoms with van der Waals surface area (Å²) in [5, 5.41) is 2.27. The smallest absolute Gasteiger partial charge is 0.344 e. The van der Waals surface area contributed by atoms with Crippen LogP contribution in [0.1, 0.15) is 18.1 Å². The van der Waals surface area contributed by atoms with Gasteiger partial charge in [-0.2, -0.15) is 0 Å². The number of para-hydroxylation sites is 1. The van der Waals surface area contributed by atoms with Gasteiger partial charge in [0.1, 0.15) is 12.2 Å². The second kappa shape index (κ2) is 7.21. The minimum absolute atomic E-state index is 0.319. The van der Waals surface area contributed by atoms with Crippen LogP contribution in [0.5, 0.6) is 0 Å². The monoisotopic (exact) mass is 330 g/mol. The largest absolute Gasteiger partial charge is 0.422 e. The fourth-order valence-corrected chi connectivity index (χ4v) is 2.80. The normalized spacial score (nSPS) is 10.4. The predicted molar refractivity (Wildman–Crippen MR) is 102 cm³/mol. The lowest BCUT2D eigenvalue weighted by Gasteiger charge is -2.11. The first-order valence-corrected chi connectivity index (χ1v) is 7.94. The maximum absolute atomic E-state index is 12.3. The molecule has 0 spiro atoms. The van der Waals surface area contributed by atoms with Gasteiger partial charge in [0.05, 0.1) is 12.0 Å². The van der Waals surface area contributed by atoms with Crippen molar-refractivity contribution in [1.82, 2.24) is 0 Å². The van der Waals surface area contributed by atoms with Crippen molar-refractivity contribution in [3.8, 4) is 11.8 Å². The van der Waals surface area contributed by atoms with Gasteiger partial charge in [-0.15, -0.1) is 0 Å². The highest BCUT2D eigenvalue weighted by atomic mass is 16.5. The van der Waals surface area contributed by atoms with Crippen LogP contribution in [0, 0.1) is 11.8 Å². The van der Waals surface area contributed by atoms with Crippen LogP contribution >= 0.6 is 0 Å². The van der Waals surface area contributed by atoms with Crippen molar-refractivity contribution in [3.63, 3.8) is 0 Å². The Bertz CT molecular complexity index is 1090. The van der Waals surface area contributed by atoms with Crippen molar-refractivity contribution in [2.75, 3.05) is 6.61 Å². The average Bonchev–Trinajstić information content (AvgIpc) is 2.60. The Hall–Kier alpha value is -3.09. The van der Waals surface area contributed by atoms with Gasteiger partial charge < -0.3 is 9.15 Å². The van der Waals surface area contributed by atoms with Gasteiger partial charge in [0.2, 0.25) is 0 Å². The Morgan fingerprint density at radius 3 is 2.80 bits per heavy atom. The molecule has 0 N–H and O–H groups in total. The van der Waals surface area contributed by atoms with E-state index in [1.54, 1.807) is 18.2 Å². The van der Waals surface area contributed by atoms with Gasteiger partial charge in [-0.25, -0.2) is 4.79 Å². The molecule has 0 bridgehead atoms. The van der Waals surface area contributed by atoms with Crippen LogP contribution in [0.4, 0.5) is 0 Å². The zero-order chi connectivity index (χ0) is 17.8. The number of rotatable bonds is 4. The summed E-state index contributed by atoms with van der Waals surface area (Å²) in [5.74, 6) is 5.78. The summed E-state index contributed by atoms with van der Waals surface area (Å²) in [6.07, 6.45) is 1.76. The van der Waals surface area contributed by atoms with E-state index in [4.69, 9.17) is 9.15 Å². The Morgan fingerprint density at radius 2 is 2.04 bits per heavy atom. The van der Waals surface area contributed by atoms with E-state index in [2.05, 4.69) is 25.0 Å². The minimum Gasteiger partial charge on any atom is -0.422 e. The predicted octanol–water partition coefficient (Wildman–Crippen LogP) is 4.69. The zero-order valence-corrected chi connectivity index (χ0v) is 14.1. The standard InChI is InChI=1S/C22H18O3/c1-4-17-16(14-24-13-7-8-15(2)3)11-12-19-21(17)18-9-5-6-10-20(18)25-22(19)23/h4-6,9-12H,1-2,13-14H2,3H3. The molecular formula is C22H18O3. The molecule has 2 aromatic carbocycles. The van der Waals surface area contributed by atoms with Gasteiger partial charge >= 0.3 is 5.63 Å². The molecule has 3 aromatic rings.